The molecule has 4 heteroatoms. The van der Waals surface area contributed by atoms with Crippen LogP contribution in [-0.2, 0) is 4.79 Å². The van der Waals surface area contributed by atoms with E-state index < -0.39 is 0 Å². The first-order valence-electron chi connectivity index (χ1n) is 9.27. The zero-order chi connectivity index (χ0) is 16.4. The van der Waals surface area contributed by atoms with Gasteiger partial charge in [-0.1, -0.05) is 33.1 Å². The summed E-state index contributed by atoms with van der Waals surface area (Å²) >= 11 is 0. The Morgan fingerprint density at radius 3 is 2.41 bits per heavy atom. The number of hydrogen-bond donors (Lipinski definition) is 2. The fraction of sp³-hybridized carbons (Fsp3) is 0.944. The molecule has 1 unspecified atom stereocenters. The van der Waals surface area contributed by atoms with Gasteiger partial charge in [-0.2, -0.15) is 0 Å². The van der Waals surface area contributed by atoms with Gasteiger partial charge >= 0.3 is 0 Å². The van der Waals surface area contributed by atoms with E-state index in [9.17, 15) is 4.79 Å². The fourth-order valence-electron chi connectivity index (χ4n) is 3.65. The van der Waals surface area contributed by atoms with Gasteiger partial charge in [-0.25, -0.2) is 0 Å². The van der Waals surface area contributed by atoms with Crippen LogP contribution in [0, 0.1) is 5.41 Å². The maximum atomic E-state index is 12.3. The highest BCUT2D eigenvalue weighted by Gasteiger charge is 2.33. The van der Waals surface area contributed by atoms with Crippen LogP contribution in [0.15, 0.2) is 0 Å². The van der Waals surface area contributed by atoms with Crippen molar-refractivity contribution in [2.45, 2.75) is 78.2 Å². The van der Waals surface area contributed by atoms with E-state index in [0.717, 1.165) is 45.3 Å². The Labute approximate surface area is 137 Å². The Hall–Kier alpha value is -0.610. The average molecular weight is 312 g/mol. The molecule has 1 amide bonds. The molecular formula is C18H37N3O. The number of amides is 1. The van der Waals surface area contributed by atoms with Gasteiger partial charge in [0.25, 0.3) is 0 Å². The predicted molar refractivity (Wildman–Crippen MR) is 93.8 cm³/mol. The summed E-state index contributed by atoms with van der Waals surface area (Å²) in [4.78, 5) is 14.7. The Morgan fingerprint density at radius 1 is 1.23 bits per heavy atom. The fourth-order valence-corrected chi connectivity index (χ4v) is 3.65. The Morgan fingerprint density at radius 2 is 1.86 bits per heavy atom. The zero-order valence-corrected chi connectivity index (χ0v) is 15.0. The SMILES string of the molecule is CCN(CC)CCCC(C)NC(=O)CC1(CN)CCCCC1. The van der Waals surface area contributed by atoms with Gasteiger partial charge in [-0.05, 0) is 64.2 Å². The van der Waals surface area contributed by atoms with Gasteiger partial charge in [-0.15, -0.1) is 0 Å². The van der Waals surface area contributed by atoms with Crippen molar-refractivity contribution in [3.8, 4) is 0 Å². The van der Waals surface area contributed by atoms with E-state index in [-0.39, 0.29) is 17.4 Å². The van der Waals surface area contributed by atoms with Gasteiger partial charge in [0.15, 0.2) is 0 Å². The topological polar surface area (TPSA) is 58.4 Å². The van der Waals surface area contributed by atoms with Crippen LogP contribution in [0.2, 0.25) is 0 Å². The first-order chi connectivity index (χ1) is 10.5. The highest BCUT2D eigenvalue weighted by molar-refractivity contribution is 5.77. The van der Waals surface area contributed by atoms with Gasteiger partial charge in [0, 0.05) is 12.5 Å². The maximum Gasteiger partial charge on any atom is 0.220 e. The monoisotopic (exact) mass is 311 g/mol. The maximum absolute atomic E-state index is 12.3. The third kappa shape index (κ3) is 6.66. The van der Waals surface area contributed by atoms with E-state index in [2.05, 4.69) is 31.0 Å². The largest absolute Gasteiger partial charge is 0.354 e. The van der Waals surface area contributed by atoms with Gasteiger partial charge in [0.1, 0.15) is 0 Å². The van der Waals surface area contributed by atoms with Crippen molar-refractivity contribution < 1.29 is 4.79 Å². The second-order valence-electron chi connectivity index (χ2n) is 7.08. The van der Waals surface area contributed by atoms with Crippen molar-refractivity contribution in [3.05, 3.63) is 0 Å². The van der Waals surface area contributed by atoms with Crippen molar-refractivity contribution in [2.75, 3.05) is 26.2 Å². The second kappa shape index (κ2) is 10.2. The summed E-state index contributed by atoms with van der Waals surface area (Å²) < 4.78 is 0. The predicted octanol–water partition coefficient (Wildman–Crippen LogP) is 2.91. The lowest BCUT2D eigenvalue weighted by Crippen LogP contribution is -2.41. The van der Waals surface area contributed by atoms with Crippen LogP contribution in [0.5, 0.6) is 0 Å². The lowest BCUT2D eigenvalue weighted by molar-refractivity contribution is -0.124. The summed E-state index contributed by atoms with van der Waals surface area (Å²) in [6.07, 6.45) is 8.80. The van der Waals surface area contributed by atoms with Crippen molar-refractivity contribution >= 4 is 5.91 Å². The molecule has 1 fully saturated rings. The summed E-state index contributed by atoms with van der Waals surface area (Å²) in [5.41, 5.74) is 6.05. The number of hydrogen-bond acceptors (Lipinski definition) is 3. The van der Waals surface area contributed by atoms with E-state index in [1.807, 2.05) is 0 Å². The molecule has 0 aromatic heterocycles. The first-order valence-corrected chi connectivity index (χ1v) is 9.27. The molecule has 0 bridgehead atoms. The molecule has 0 saturated heterocycles. The highest BCUT2D eigenvalue weighted by Crippen LogP contribution is 2.38. The van der Waals surface area contributed by atoms with E-state index in [1.165, 1.54) is 19.3 Å². The van der Waals surface area contributed by atoms with Gasteiger partial charge in [-0.3, -0.25) is 4.79 Å². The average Bonchev–Trinajstić information content (AvgIpc) is 2.52. The summed E-state index contributed by atoms with van der Waals surface area (Å²) in [5, 5.41) is 3.18. The molecule has 130 valence electrons. The minimum Gasteiger partial charge on any atom is -0.354 e. The third-order valence-corrected chi connectivity index (χ3v) is 5.30. The smallest absolute Gasteiger partial charge is 0.220 e. The molecule has 0 heterocycles. The number of nitrogens with zero attached hydrogens (tertiary/aromatic N) is 1. The molecule has 1 atom stereocenters. The van der Waals surface area contributed by atoms with E-state index in [0.29, 0.717) is 13.0 Å². The standard InChI is InChI=1S/C18H37N3O/c1-4-21(5-2)13-9-10-16(3)20-17(22)14-18(15-19)11-7-6-8-12-18/h16H,4-15,19H2,1-3H3,(H,20,22). The van der Waals surface area contributed by atoms with E-state index in [4.69, 9.17) is 5.73 Å². The Balaban J connectivity index is 2.28. The van der Waals surface area contributed by atoms with Gasteiger partial charge < -0.3 is 16.0 Å². The van der Waals surface area contributed by atoms with Crippen LogP contribution in [-0.4, -0.2) is 43.0 Å². The molecule has 4 nitrogen and oxygen atoms in total. The third-order valence-electron chi connectivity index (χ3n) is 5.30. The summed E-state index contributed by atoms with van der Waals surface area (Å²) in [6, 6.07) is 0.265. The van der Waals surface area contributed by atoms with Gasteiger partial charge in [0.05, 0.1) is 0 Å². The molecule has 1 aliphatic carbocycles. The van der Waals surface area contributed by atoms with Crippen molar-refractivity contribution in [2.24, 2.45) is 11.1 Å². The van der Waals surface area contributed by atoms with E-state index in [1.54, 1.807) is 0 Å². The van der Waals surface area contributed by atoms with Crippen LogP contribution < -0.4 is 11.1 Å². The normalized spacial score (nSPS) is 19.1. The highest BCUT2D eigenvalue weighted by atomic mass is 16.1. The number of rotatable bonds is 10. The zero-order valence-electron chi connectivity index (χ0n) is 15.0. The number of nitrogens with two attached hydrogens (primary N) is 1. The molecule has 0 spiro atoms. The molecule has 1 saturated carbocycles. The molecule has 1 rings (SSSR count). The molecular weight excluding hydrogens is 274 g/mol. The second-order valence-corrected chi connectivity index (χ2v) is 7.08. The summed E-state index contributed by atoms with van der Waals surface area (Å²) in [7, 11) is 0. The Bertz CT molecular complexity index is 309. The first kappa shape index (κ1) is 19.4. The summed E-state index contributed by atoms with van der Waals surface area (Å²) in [6.45, 7) is 10.5. The lowest BCUT2D eigenvalue weighted by Gasteiger charge is -2.36. The van der Waals surface area contributed by atoms with Crippen LogP contribution in [0.3, 0.4) is 0 Å². The summed E-state index contributed by atoms with van der Waals surface area (Å²) in [5.74, 6) is 0.197. The molecule has 0 aliphatic heterocycles. The molecule has 0 radical (unpaired) electrons. The molecule has 22 heavy (non-hydrogen) atoms. The lowest BCUT2D eigenvalue weighted by atomic mass is 9.71. The van der Waals surface area contributed by atoms with Crippen LogP contribution in [0.1, 0.15) is 72.1 Å². The molecule has 1 aliphatic rings. The van der Waals surface area contributed by atoms with Crippen molar-refractivity contribution in [1.29, 1.82) is 0 Å². The molecule has 0 aromatic carbocycles. The van der Waals surface area contributed by atoms with Crippen LogP contribution in [0.25, 0.3) is 0 Å². The number of carbonyl (C=O) groups excluding carboxylic acids is 1. The van der Waals surface area contributed by atoms with Crippen LogP contribution >= 0.6 is 0 Å². The minimum absolute atomic E-state index is 0.0727. The number of carbonyl (C=O) groups is 1. The Kier molecular flexibility index (Phi) is 9.03. The quantitative estimate of drug-likeness (QED) is 0.652. The van der Waals surface area contributed by atoms with E-state index >= 15 is 0 Å². The molecule has 3 N–H and O–H groups in total. The van der Waals surface area contributed by atoms with Crippen LogP contribution in [0.4, 0.5) is 0 Å². The number of nitrogens with one attached hydrogen (secondary N) is 1. The van der Waals surface area contributed by atoms with Gasteiger partial charge in [0.2, 0.25) is 5.91 Å². The minimum atomic E-state index is 0.0727. The molecule has 0 aromatic rings. The van der Waals surface area contributed by atoms with Crippen molar-refractivity contribution in [3.63, 3.8) is 0 Å². The van der Waals surface area contributed by atoms with Crippen molar-refractivity contribution in [1.82, 2.24) is 10.2 Å².